The Bertz CT molecular complexity index is 1740. The maximum absolute atomic E-state index is 12.6. The SMILES string of the molecule is O=C(OCc1ccccc1)c1ccc([N+](=O)[O-])c(OCCCCCCc2cccc(OCc3ccccc3)c2OCc2ccccc2)c1. The number of rotatable bonds is 18. The molecule has 5 rings (SSSR count). The molecule has 48 heavy (non-hydrogen) atoms. The molecule has 0 atom stereocenters. The zero-order chi connectivity index (χ0) is 33.4. The Morgan fingerprint density at radius 3 is 1.83 bits per heavy atom. The largest absolute Gasteiger partial charge is 0.487 e. The first-order valence-electron chi connectivity index (χ1n) is 16.1. The first-order chi connectivity index (χ1) is 23.6. The second kappa shape index (κ2) is 17.9. The van der Waals surface area contributed by atoms with Gasteiger partial charge in [-0.3, -0.25) is 10.1 Å². The zero-order valence-electron chi connectivity index (χ0n) is 26.8. The van der Waals surface area contributed by atoms with Crippen molar-refractivity contribution in [2.24, 2.45) is 0 Å². The van der Waals surface area contributed by atoms with Gasteiger partial charge in [0.1, 0.15) is 19.8 Å². The van der Waals surface area contributed by atoms with Crippen LogP contribution in [0.3, 0.4) is 0 Å². The minimum absolute atomic E-state index is 0.0571. The van der Waals surface area contributed by atoms with Crippen LogP contribution in [0, 0.1) is 10.1 Å². The van der Waals surface area contributed by atoms with Crippen LogP contribution < -0.4 is 14.2 Å². The maximum atomic E-state index is 12.6. The molecule has 0 amide bonds. The fourth-order valence-corrected chi connectivity index (χ4v) is 5.17. The lowest BCUT2D eigenvalue weighted by Crippen LogP contribution is -2.07. The smallest absolute Gasteiger partial charge is 0.338 e. The lowest BCUT2D eigenvalue weighted by molar-refractivity contribution is -0.385. The number of aryl methyl sites for hydroxylation is 1. The summed E-state index contributed by atoms with van der Waals surface area (Å²) >= 11 is 0. The second-order valence-electron chi connectivity index (χ2n) is 11.3. The minimum Gasteiger partial charge on any atom is -0.487 e. The third-order valence-electron chi connectivity index (χ3n) is 7.73. The number of ether oxygens (including phenoxy) is 4. The molecule has 0 bridgehead atoms. The Hall–Kier alpha value is -5.63. The highest BCUT2D eigenvalue weighted by molar-refractivity contribution is 5.90. The van der Waals surface area contributed by atoms with Gasteiger partial charge in [-0.1, -0.05) is 116 Å². The summed E-state index contributed by atoms with van der Waals surface area (Å²) in [6.45, 7) is 1.28. The number of carbonyl (C=O) groups is 1. The van der Waals surface area contributed by atoms with Crippen molar-refractivity contribution in [1.29, 1.82) is 0 Å². The molecule has 0 aromatic heterocycles. The molecule has 0 aliphatic rings. The van der Waals surface area contributed by atoms with E-state index in [1.165, 1.54) is 18.2 Å². The molecule has 0 aliphatic heterocycles. The number of para-hydroxylation sites is 1. The number of hydrogen-bond acceptors (Lipinski definition) is 7. The number of nitro groups is 1. The van der Waals surface area contributed by atoms with Crippen LogP contribution in [-0.4, -0.2) is 17.5 Å². The molecular formula is C40H39NO7. The number of esters is 1. The monoisotopic (exact) mass is 645 g/mol. The van der Waals surface area contributed by atoms with Gasteiger partial charge in [-0.05, 0) is 53.6 Å². The molecule has 5 aromatic carbocycles. The Morgan fingerprint density at radius 1 is 0.583 bits per heavy atom. The Labute approximate surface area is 281 Å². The molecule has 0 heterocycles. The van der Waals surface area contributed by atoms with Crippen molar-refractivity contribution in [3.8, 4) is 17.2 Å². The summed E-state index contributed by atoms with van der Waals surface area (Å²) in [7, 11) is 0. The Kier molecular flexibility index (Phi) is 12.6. The molecule has 0 saturated carbocycles. The molecule has 8 heteroatoms. The number of unbranched alkanes of at least 4 members (excludes halogenated alkanes) is 3. The van der Waals surface area contributed by atoms with Gasteiger partial charge in [0, 0.05) is 12.1 Å². The first-order valence-corrected chi connectivity index (χ1v) is 16.1. The van der Waals surface area contributed by atoms with Crippen molar-refractivity contribution in [3.05, 3.63) is 165 Å². The average molecular weight is 646 g/mol. The van der Waals surface area contributed by atoms with Crippen LogP contribution in [-0.2, 0) is 31.0 Å². The van der Waals surface area contributed by atoms with E-state index in [1.807, 2.05) is 103 Å². The Balaban J connectivity index is 1.12. The molecule has 0 saturated heterocycles. The molecule has 0 unspecified atom stereocenters. The van der Waals surface area contributed by atoms with Crippen LogP contribution in [0.1, 0.15) is 58.3 Å². The van der Waals surface area contributed by atoms with E-state index in [0.717, 1.165) is 53.7 Å². The van der Waals surface area contributed by atoms with Crippen LogP contribution in [0.2, 0.25) is 0 Å². The summed E-state index contributed by atoms with van der Waals surface area (Å²) in [5.41, 5.74) is 4.11. The van der Waals surface area contributed by atoms with Gasteiger partial charge in [0.2, 0.25) is 0 Å². The number of benzene rings is 5. The van der Waals surface area contributed by atoms with Gasteiger partial charge in [-0.25, -0.2) is 4.79 Å². The molecule has 0 aliphatic carbocycles. The number of nitrogens with zero attached hydrogens (tertiary/aromatic N) is 1. The maximum Gasteiger partial charge on any atom is 0.338 e. The van der Waals surface area contributed by atoms with Crippen LogP contribution >= 0.6 is 0 Å². The summed E-state index contributed by atoms with van der Waals surface area (Å²) in [6.07, 6.45) is 4.25. The highest BCUT2D eigenvalue weighted by atomic mass is 16.6. The third-order valence-corrected chi connectivity index (χ3v) is 7.73. The van der Waals surface area contributed by atoms with Crippen LogP contribution in [0.25, 0.3) is 0 Å². The minimum atomic E-state index is -0.569. The molecular weight excluding hydrogens is 606 g/mol. The van der Waals surface area contributed by atoms with Gasteiger partial charge in [0.05, 0.1) is 17.1 Å². The molecule has 0 radical (unpaired) electrons. The average Bonchev–Trinajstić information content (AvgIpc) is 3.13. The van der Waals surface area contributed by atoms with Crippen LogP contribution in [0.5, 0.6) is 17.2 Å². The standard InChI is InChI=1S/C40H39NO7/c42-40(48-30-33-19-10-5-11-20-33)35-24-25-36(41(43)44)38(27-35)45-26-13-2-1-12-21-34-22-14-23-37(46-28-31-15-6-3-7-16-31)39(34)47-29-32-17-8-4-9-18-32/h3-11,14-20,22-25,27H,1-2,12-13,21,26,28-30H2. The van der Waals surface area contributed by atoms with Crippen LogP contribution in [0.4, 0.5) is 5.69 Å². The molecule has 0 spiro atoms. The zero-order valence-corrected chi connectivity index (χ0v) is 26.8. The summed E-state index contributed by atoms with van der Waals surface area (Å²) in [6, 6.07) is 39.5. The Morgan fingerprint density at radius 2 is 1.19 bits per heavy atom. The van der Waals surface area contributed by atoms with Crippen molar-refractivity contribution in [2.45, 2.75) is 51.9 Å². The third kappa shape index (κ3) is 10.2. The molecule has 5 aromatic rings. The summed E-state index contributed by atoms with van der Waals surface area (Å²) in [5.74, 6) is 0.963. The van der Waals surface area contributed by atoms with Gasteiger partial charge in [-0.15, -0.1) is 0 Å². The summed E-state index contributed by atoms with van der Waals surface area (Å²) in [5, 5.41) is 11.6. The lowest BCUT2D eigenvalue weighted by Gasteiger charge is -2.17. The molecule has 246 valence electrons. The quantitative estimate of drug-likeness (QED) is 0.0405. The van der Waals surface area contributed by atoms with Gasteiger partial charge in [0.15, 0.2) is 17.2 Å². The first kappa shape index (κ1) is 33.7. The van der Waals surface area contributed by atoms with Gasteiger partial charge < -0.3 is 18.9 Å². The van der Waals surface area contributed by atoms with E-state index in [2.05, 4.69) is 6.07 Å². The van der Waals surface area contributed by atoms with Crippen molar-refractivity contribution in [3.63, 3.8) is 0 Å². The van der Waals surface area contributed by atoms with Crippen molar-refractivity contribution in [2.75, 3.05) is 6.61 Å². The number of hydrogen-bond donors (Lipinski definition) is 0. The van der Waals surface area contributed by atoms with Crippen molar-refractivity contribution < 1.29 is 28.7 Å². The van der Waals surface area contributed by atoms with E-state index in [9.17, 15) is 14.9 Å². The van der Waals surface area contributed by atoms with Crippen molar-refractivity contribution in [1.82, 2.24) is 0 Å². The van der Waals surface area contributed by atoms with E-state index in [1.54, 1.807) is 0 Å². The van der Waals surface area contributed by atoms with Crippen LogP contribution in [0.15, 0.2) is 127 Å². The predicted molar refractivity (Wildman–Crippen MR) is 184 cm³/mol. The van der Waals surface area contributed by atoms with Crippen molar-refractivity contribution >= 4 is 11.7 Å². The highest BCUT2D eigenvalue weighted by Gasteiger charge is 2.19. The van der Waals surface area contributed by atoms with E-state index < -0.39 is 10.9 Å². The number of nitro benzene ring substituents is 1. The summed E-state index contributed by atoms with van der Waals surface area (Å²) in [4.78, 5) is 23.7. The van der Waals surface area contributed by atoms with Gasteiger partial charge in [-0.2, -0.15) is 0 Å². The summed E-state index contributed by atoms with van der Waals surface area (Å²) < 4.78 is 23.8. The lowest BCUT2D eigenvalue weighted by atomic mass is 10.0. The van der Waals surface area contributed by atoms with Gasteiger partial charge in [0.25, 0.3) is 0 Å². The van der Waals surface area contributed by atoms with E-state index in [0.29, 0.717) is 25.4 Å². The van der Waals surface area contributed by atoms with Gasteiger partial charge >= 0.3 is 11.7 Å². The molecule has 8 nitrogen and oxygen atoms in total. The van der Waals surface area contributed by atoms with E-state index in [4.69, 9.17) is 18.9 Å². The molecule has 0 N–H and O–H groups in total. The number of carbonyl (C=O) groups excluding carboxylic acids is 1. The highest BCUT2D eigenvalue weighted by Crippen LogP contribution is 2.34. The van der Waals surface area contributed by atoms with E-state index in [-0.39, 0.29) is 30.2 Å². The molecule has 0 fully saturated rings. The second-order valence-corrected chi connectivity index (χ2v) is 11.3. The fraction of sp³-hybridized carbons (Fsp3) is 0.225. The predicted octanol–water partition coefficient (Wildman–Crippen LogP) is 9.29. The topological polar surface area (TPSA) is 97.1 Å². The fourth-order valence-electron chi connectivity index (χ4n) is 5.17. The van der Waals surface area contributed by atoms with E-state index >= 15 is 0 Å². The normalized spacial score (nSPS) is 10.7.